The molecule has 0 bridgehead atoms. The fourth-order valence-electron chi connectivity index (χ4n) is 3.30. The summed E-state index contributed by atoms with van der Waals surface area (Å²) in [5.74, 6) is 0.746. The highest BCUT2D eigenvalue weighted by atomic mass is 35.5. The van der Waals surface area contributed by atoms with Gasteiger partial charge in [0, 0.05) is 5.02 Å². The summed E-state index contributed by atoms with van der Waals surface area (Å²) in [6.07, 6.45) is 6.80. The standard InChI is InChI=1S/C19H22ClN/c20-18-8-4-7-17(13-18)19(21)16-11-9-15(10-12-16)14-5-2-1-3-6-14/h4,7-14,19H,1-3,5-6,21H2. The average molecular weight is 300 g/mol. The third-order valence-corrected chi connectivity index (χ3v) is 4.82. The van der Waals surface area contributed by atoms with Crippen LogP contribution in [0, 0.1) is 0 Å². The van der Waals surface area contributed by atoms with Crippen LogP contribution in [-0.4, -0.2) is 0 Å². The Morgan fingerprint density at radius 3 is 2.29 bits per heavy atom. The number of nitrogens with two attached hydrogens (primary N) is 1. The van der Waals surface area contributed by atoms with Crippen molar-refractivity contribution >= 4 is 11.6 Å². The van der Waals surface area contributed by atoms with Gasteiger partial charge in [-0.25, -0.2) is 0 Å². The van der Waals surface area contributed by atoms with Crippen molar-refractivity contribution in [2.75, 3.05) is 0 Å². The highest BCUT2D eigenvalue weighted by Gasteiger charge is 2.16. The lowest BCUT2D eigenvalue weighted by atomic mass is 9.83. The molecule has 0 aromatic heterocycles. The van der Waals surface area contributed by atoms with Crippen molar-refractivity contribution in [2.45, 2.75) is 44.1 Å². The van der Waals surface area contributed by atoms with Gasteiger partial charge in [-0.05, 0) is 47.6 Å². The van der Waals surface area contributed by atoms with Gasteiger partial charge in [-0.3, -0.25) is 0 Å². The molecule has 2 aromatic carbocycles. The fraction of sp³-hybridized carbons (Fsp3) is 0.368. The van der Waals surface area contributed by atoms with E-state index in [1.54, 1.807) is 0 Å². The molecule has 0 spiro atoms. The Hall–Kier alpha value is -1.31. The minimum Gasteiger partial charge on any atom is -0.320 e. The summed E-state index contributed by atoms with van der Waals surface area (Å²) < 4.78 is 0. The van der Waals surface area contributed by atoms with Gasteiger partial charge < -0.3 is 5.73 Å². The molecular weight excluding hydrogens is 278 g/mol. The van der Waals surface area contributed by atoms with E-state index >= 15 is 0 Å². The van der Waals surface area contributed by atoms with Crippen molar-refractivity contribution in [2.24, 2.45) is 5.73 Å². The first-order valence-electron chi connectivity index (χ1n) is 7.85. The fourth-order valence-corrected chi connectivity index (χ4v) is 3.50. The summed E-state index contributed by atoms with van der Waals surface area (Å²) in [4.78, 5) is 0. The van der Waals surface area contributed by atoms with Gasteiger partial charge in [0.2, 0.25) is 0 Å². The quantitative estimate of drug-likeness (QED) is 0.803. The van der Waals surface area contributed by atoms with E-state index < -0.39 is 0 Å². The lowest BCUT2D eigenvalue weighted by Gasteiger charge is -2.22. The smallest absolute Gasteiger partial charge is 0.0552 e. The molecule has 1 aliphatic carbocycles. The number of rotatable bonds is 3. The second-order valence-corrected chi connectivity index (χ2v) is 6.47. The summed E-state index contributed by atoms with van der Waals surface area (Å²) in [6.45, 7) is 0. The van der Waals surface area contributed by atoms with Gasteiger partial charge in [0.05, 0.1) is 6.04 Å². The maximum atomic E-state index is 6.36. The molecule has 1 aliphatic rings. The first-order chi connectivity index (χ1) is 10.2. The Morgan fingerprint density at radius 1 is 0.905 bits per heavy atom. The normalized spacial score (nSPS) is 17.6. The second-order valence-electron chi connectivity index (χ2n) is 6.03. The van der Waals surface area contributed by atoms with Crippen LogP contribution in [0.25, 0.3) is 0 Å². The lowest BCUT2D eigenvalue weighted by molar-refractivity contribution is 0.443. The Labute approximate surface area is 132 Å². The molecule has 1 atom stereocenters. The molecule has 0 saturated heterocycles. The zero-order valence-electron chi connectivity index (χ0n) is 12.3. The largest absolute Gasteiger partial charge is 0.320 e. The van der Waals surface area contributed by atoms with Crippen LogP contribution in [0.2, 0.25) is 5.02 Å². The maximum absolute atomic E-state index is 6.36. The van der Waals surface area contributed by atoms with Crippen molar-refractivity contribution < 1.29 is 0 Å². The second kappa shape index (κ2) is 6.64. The van der Waals surface area contributed by atoms with Gasteiger partial charge in [0.15, 0.2) is 0 Å². The van der Waals surface area contributed by atoms with E-state index in [0.717, 1.165) is 22.1 Å². The van der Waals surface area contributed by atoms with E-state index in [2.05, 4.69) is 24.3 Å². The summed E-state index contributed by atoms with van der Waals surface area (Å²) in [5.41, 5.74) is 10.0. The van der Waals surface area contributed by atoms with Gasteiger partial charge in [0.25, 0.3) is 0 Å². The zero-order valence-corrected chi connectivity index (χ0v) is 13.0. The van der Waals surface area contributed by atoms with Crippen molar-refractivity contribution in [3.8, 4) is 0 Å². The van der Waals surface area contributed by atoms with Gasteiger partial charge in [0.1, 0.15) is 0 Å². The monoisotopic (exact) mass is 299 g/mol. The molecular formula is C19H22ClN. The van der Waals surface area contributed by atoms with E-state index in [-0.39, 0.29) is 6.04 Å². The SMILES string of the molecule is NC(c1ccc(C2CCCCC2)cc1)c1cccc(Cl)c1. The van der Waals surface area contributed by atoms with Crippen LogP contribution in [0.5, 0.6) is 0 Å². The topological polar surface area (TPSA) is 26.0 Å². The third kappa shape index (κ3) is 3.48. The molecule has 2 N–H and O–H groups in total. The molecule has 1 fully saturated rings. The minimum absolute atomic E-state index is 0.107. The average Bonchev–Trinajstić information content (AvgIpc) is 2.55. The molecule has 110 valence electrons. The predicted molar refractivity (Wildman–Crippen MR) is 89.8 cm³/mol. The molecule has 1 saturated carbocycles. The summed E-state index contributed by atoms with van der Waals surface area (Å²) in [7, 11) is 0. The Bertz CT molecular complexity index is 585. The van der Waals surface area contributed by atoms with Crippen LogP contribution in [-0.2, 0) is 0 Å². The van der Waals surface area contributed by atoms with Gasteiger partial charge in [-0.15, -0.1) is 0 Å². The Kier molecular flexibility index (Phi) is 4.62. The van der Waals surface area contributed by atoms with Gasteiger partial charge >= 0.3 is 0 Å². The van der Waals surface area contributed by atoms with Gasteiger partial charge in [-0.2, -0.15) is 0 Å². The molecule has 1 unspecified atom stereocenters. The highest BCUT2D eigenvalue weighted by molar-refractivity contribution is 6.30. The van der Waals surface area contributed by atoms with Crippen molar-refractivity contribution in [3.63, 3.8) is 0 Å². The van der Waals surface area contributed by atoms with E-state index in [1.807, 2.05) is 24.3 Å². The molecule has 3 rings (SSSR count). The molecule has 0 radical (unpaired) electrons. The van der Waals surface area contributed by atoms with Crippen molar-refractivity contribution in [1.29, 1.82) is 0 Å². The summed E-state index contributed by atoms with van der Waals surface area (Å²) in [5, 5.41) is 0.738. The minimum atomic E-state index is -0.107. The molecule has 0 heterocycles. The molecule has 1 nitrogen and oxygen atoms in total. The number of hydrogen-bond acceptors (Lipinski definition) is 1. The van der Waals surface area contributed by atoms with E-state index in [4.69, 9.17) is 17.3 Å². The van der Waals surface area contributed by atoms with Crippen LogP contribution in [0.4, 0.5) is 0 Å². The predicted octanol–water partition coefficient (Wildman–Crippen LogP) is 5.44. The summed E-state index contributed by atoms with van der Waals surface area (Å²) >= 11 is 6.05. The van der Waals surface area contributed by atoms with E-state index in [1.165, 1.54) is 37.7 Å². The lowest BCUT2D eigenvalue weighted by Crippen LogP contribution is -2.12. The summed E-state index contributed by atoms with van der Waals surface area (Å²) in [6, 6.07) is 16.6. The van der Waals surface area contributed by atoms with Gasteiger partial charge in [-0.1, -0.05) is 67.3 Å². The van der Waals surface area contributed by atoms with E-state index in [9.17, 15) is 0 Å². The van der Waals surface area contributed by atoms with Crippen LogP contribution in [0.1, 0.15) is 60.8 Å². The van der Waals surface area contributed by atoms with E-state index in [0.29, 0.717) is 0 Å². The molecule has 21 heavy (non-hydrogen) atoms. The van der Waals surface area contributed by atoms with Crippen molar-refractivity contribution in [1.82, 2.24) is 0 Å². The van der Waals surface area contributed by atoms with Crippen LogP contribution < -0.4 is 5.73 Å². The van der Waals surface area contributed by atoms with Crippen molar-refractivity contribution in [3.05, 3.63) is 70.2 Å². The Morgan fingerprint density at radius 2 is 1.62 bits per heavy atom. The van der Waals surface area contributed by atoms with Crippen LogP contribution in [0.15, 0.2) is 48.5 Å². The number of halogens is 1. The first kappa shape index (κ1) is 14.6. The third-order valence-electron chi connectivity index (χ3n) is 4.58. The number of hydrogen-bond donors (Lipinski definition) is 1. The van der Waals surface area contributed by atoms with Crippen LogP contribution in [0.3, 0.4) is 0 Å². The maximum Gasteiger partial charge on any atom is 0.0552 e. The molecule has 2 aromatic rings. The molecule has 2 heteroatoms. The molecule has 0 amide bonds. The highest BCUT2D eigenvalue weighted by Crippen LogP contribution is 2.33. The molecule has 0 aliphatic heterocycles. The first-order valence-corrected chi connectivity index (χ1v) is 8.23. The Balaban J connectivity index is 1.77. The van der Waals surface area contributed by atoms with Crippen LogP contribution >= 0.6 is 11.6 Å². The number of benzene rings is 2. The zero-order chi connectivity index (χ0) is 14.7.